The van der Waals surface area contributed by atoms with Gasteiger partial charge in [0.05, 0.1) is 11.3 Å². The van der Waals surface area contributed by atoms with Gasteiger partial charge in [-0.1, -0.05) is 0 Å². The van der Waals surface area contributed by atoms with E-state index in [4.69, 9.17) is 10.5 Å². The number of tetrazole rings is 1. The highest BCUT2D eigenvalue weighted by atomic mass is 19.1. The SMILES string of the molecule is Nc1cc(-c2nnnn2CC2CCOCC2)c(F)cc1F. The van der Waals surface area contributed by atoms with E-state index in [0.717, 1.165) is 18.9 Å². The van der Waals surface area contributed by atoms with Crippen LogP contribution in [0.5, 0.6) is 0 Å². The van der Waals surface area contributed by atoms with Gasteiger partial charge in [0.25, 0.3) is 0 Å². The minimum Gasteiger partial charge on any atom is -0.396 e. The molecule has 0 spiro atoms. The maximum Gasteiger partial charge on any atom is 0.185 e. The Hall–Kier alpha value is -2.09. The molecule has 0 aliphatic carbocycles. The molecule has 0 amide bonds. The first-order chi connectivity index (χ1) is 10.1. The normalized spacial score (nSPS) is 16.3. The largest absolute Gasteiger partial charge is 0.396 e. The topological polar surface area (TPSA) is 78.9 Å². The molecular weight excluding hydrogens is 280 g/mol. The van der Waals surface area contributed by atoms with E-state index >= 15 is 0 Å². The molecule has 21 heavy (non-hydrogen) atoms. The van der Waals surface area contributed by atoms with Gasteiger partial charge in [0.15, 0.2) is 5.82 Å². The molecule has 1 fully saturated rings. The van der Waals surface area contributed by atoms with Gasteiger partial charge >= 0.3 is 0 Å². The van der Waals surface area contributed by atoms with E-state index in [1.54, 1.807) is 0 Å². The predicted molar refractivity (Wildman–Crippen MR) is 71.1 cm³/mol. The number of hydrogen-bond donors (Lipinski definition) is 1. The fourth-order valence-corrected chi connectivity index (χ4v) is 2.43. The first-order valence-corrected chi connectivity index (χ1v) is 6.74. The molecule has 112 valence electrons. The van der Waals surface area contributed by atoms with Crippen molar-refractivity contribution in [1.82, 2.24) is 20.2 Å². The Morgan fingerprint density at radius 1 is 1.24 bits per heavy atom. The number of hydrogen-bond acceptors (Lipinski definition) is 5. The molecule has 1 aromatic carbocycles. The molecular formula is C13H15F2N5O. The fraction of sp³-hybridized carbons (Fsp3) is 0.462. The van der Waals surface area contributed by atoms with Gasteiger partial charge in [0, 0.05) is 25.8 Å². The number of nitrogens with zero attached hydrogens (tertiary/aromatic N) is 4. The zero-order valence-corrected chi connectivity index (χ0v) is 11.3. The third-order valence-electron chi connectivity index (χ3n) is 3.63. The summed E-state index contributed by atoms with van der Waals surface area (Å²) >= 11 is 0. The highest BCUT2D eigenvalue weighted by molar-refractivity contribution is 5.62. The Morgan fingerprint density at radius 3 is 2.76 bits per heavy atom. The van der Waals surface area contributed by atoms with Crippen molar-refractivity contribution >= 4 is 5.69 Å². The lowest BCUT2D eigenvalue weighted by atomic mass is 10.0. The van der Waals surface area contributed by atoms with Crippen LogP contribution in [-0.4, -0.2) is 33.4 Å². The zero-order valence-electron chi connectivity index (χ0n) is 11.3. The summed E-state index contributed by atoms with van der Waals surface area (Å²) in [6, 6.07) is 1.97. The van der Waals surface area contributed by atoms with Crippen molar-refractivity contribution in [2.45, 2.75) is 19.4 Å². The first-order valence-electron chi connectivity index (χ1n) is 6.74. The average Bonchev–Trinajstić information content (AvgIpc) is 2.92. The Kier molecular flexibility index (Phi) is 3.78. The molecule has 0 atom stereocenters. The third-order valence-corrected chi connectivity index (χ3v) is 3.63. The van der Waals surface area contributed by atoms with Crippen LogP contribution in [0.2, 0.25) is 0 Å². The van der Waals surface area contributed by atoms with Gasteiger partial charge in [-0.25, -0.2) is 13.5 Å². The molecule has 1 aliphatic rings. The molecule has 3 rings (SSSR count). The second-order valence-corrected chi connectivity index (χ2v) is 5.09. The lowest BCUT2D eigenvalue weighted by molar-refractivity contribution is 0.0601. The van der Waals surface area contributed by atoms with Crippen LogP contribution in [-0.2, 0) is 11.3 Å². The summed E-state index contributed by atoms with van der Waals surface area (Å²) in [5.74, 6) is -0.892. The number of anilines is 1. The Labute approximate surface area is 119 Å². The van der Waals surface area contributed by atoms with Crippen LogP contribution < -0.4 is 5.73 Å². The number of halogens is 2. The standard InChI is InChI=1S/C13H15F2N5O/c14-10-6-11(15)12(16)5-9(10)13-17-18-19-20(13)7-8-1-3-21-4-2-8/h5-6,8H,1-4,7,16H2. The van der Waals surface area contributed by atoms with Gasteiger partial charge in [-0.05, 0) is 35.3 Å². The molecule has 1 aromatic heterocycles. The Morgan fingerprint density at radius 2 is 2.00 bits per heavy atom. The van der Waals surface area contributed by atoms with Crippen LogP contribution in [0, 0.1) is 17.6 Å². The first kappa shape index (κ1) is 13.9. The van der Waals surface area contributed by atoms with E-state index in [2.05, 4.69) is 15.5 Å². The summed E-state index contributed by atoms with van der Waals surface area (Å²) in [6.45, 7) is 1.99. The second-order valence-electron chi connectivity index (χ2n) is 5.09. The maximum absolute atomic E-state index is 13.9. The maximum atomic E-state index is 13.9. The van der Waals surface area contributed by atoms with E-state index in [9.17, 15) is 8.78 Å². The number of rotatable bonds is 3. The van der Waals surface area contributed by atoms with Crippen LogP contribution >= 0.6 is 0 Å². The lowest BCUT2D eigenvalue weighted by Gasteiger charge is -2.21. The average molecular weight is 295 g/mol. The quantitative estimate of drug-likeness (QED) is 0.871. The molecule has 1 aliphatic heterocycles. The number of nitrogens with two attached hydrogens (primary N) is 1. The van der Waals surface area contributed by atoms with Crippen molar-refractivity contribution in [2.75, 3.05) is 18.9 Å². The summed E-state index contributed by atoms with van der Waals surface area (Å²) in [5, 5.41) is 11.3. The summed E-state index contributed by atoms with van der Waals surface area (Å²) in [7, 11) is 0. The van der Waals surface area contributed by atoms with Gasteiger partial charge in [-0.3, -0.25) is 0 Å². The molecule has 0 saturated carbocycles. The predicted octanol–water partition coefficient (Wildman–Crippen LogP) is 1.63. The van der Waals surface area contributed by atoms with Crippen LogP contribution in [0.4, 0.5) is 14.5 Å². The highest BCUT2D eigenvalue weighted by Crippen LogP contribution is 2.26. The fourth-order valence-electron chi connectivity index (χ4n) is 2.43. The zero-order chi connectivity index (χ0) is 14.8. The molecule has 8 heteroatoms. The molecule has 1 saturated heterocycles. The van der Waals surface area contributed by atoms with Gasteiger partial charge in [-0.15, -0.1) is 5.10 Å². The van der Waals surface area contributed by atoms with E-state index < -0.39 is 11.6 Å². The molecule has 0 radical (unpaired) electrons. The van der Waals surface area contributed by atoms with Crippen molar-refractivity contribution < 1.29 is 13.5 Å². The summed E-state index contributed by atoms with van der Waals surface area (Å²) in [6.07, 6.45) is 1.82. The monoisotopic (exact) mass is 295 g/mol. The summed E-state index contributed by atoms with van der Waals surface area (Å²) in [4.78, 5) is 0. The van der Waals surface area contributed by atoms with E-state index in [1.807, 2.05) is 0 Å². The molecule has 0 bridgehead atoms. The second kappa shape index (κ2) is 5.72. The van der Waals surface area contributed by atoms with E-state index in [0.29, 0.717) is 25.7 Å². The molecule has 6 nitrogen and oxygen atoms in total. The summed E-state index contributed by atoms with van der Waals surface area (Å²) < 4.78 is 34.0. The van der Waals surface area contributed by atoms with Crippen LogP contribution in [0.15, 0.2) is 12.1 Å². The van der Waals surface area contributed by atoms with Gasteiger partial charge in [0.1, 0.15) is 11.6 Å². The lowest BCUT2D eigenvalue weighted by Crippen LogP contribution is -2.21. The summed E-state index contributed by atoms with van der Waals surface area (Å²) in [5.41, 5.74) is 5.46. The molecule has 2 heterocycles. The number of benzene rings is 1. The van der Waals surface area contributed by atoms with E-state index in [1.165, 1.54) is 10.7 Å². The van der Waals surface area contributed by atoms with Gasteiger partial charge in [-0.2, -0.15) is 0 Å². The van der Waals surface area contributed by atoms with Crippen molar-refractivity contribution in [3.05, 3.63) is 23.8 Å². The Bertz CT molecular complexity index is 639. The minimum absolute atomic E-state index is 0.103. The van der Waals surface area contributed by atoms with Gasteiger partial charge < -0.3 is 10.5 Å². The molecule has 2 N–H and O–H groups in total. The molecule has 2 aromatic rings. The van der Waals surface area contributed by atoms with Crippen molar-refractivity contribution in [3.8, 4) is 11.4 Å². The number of nitrogen functional groups attached to an aromatic ring is 1. The van der Waals surface area contributed by atoms with Crippen LogP contribution in [0.3, 0.4) is 0 Å². The highest BCUT2D eigenvalue weighted by Gasteiger charge is 2.20. The van der Waals surface area contributed by atoms with Gasteiger partial charge in [0.2, 0.25) is 0 Å². The van der Waals surface area contributed by atoms with Crippen molar-refractivity contribution in [2.24, 2.45) is 5.92 Å². The van der Waals surface area contributed by atoms with E-state index in [-0.39, 0.29) is 17.1 Å². The molecule has 0 unspecified atom stereocenters. The van der Waals surface area contributed by atoms with Crippen LogP contribution in [0.25, 0.3) is 11.4 Å². The number of aromatic nitrogens is 4. The smallest absolute Gasteiger partial charge is 0.185 e. The van der Waals surface area contributed by atoms with Crippen molar-refractivity contribution in [1.29, 1.82) is 0 Å². The van der Waals surface area contributed by atoms with Crippen molar-refractivity contribution in [3.63, 3.8) is 0 Å². The van der Waals surface area contributed by atoms with Crippen LogP contribution in [0.1, 0.15) is 12.8 Å². The minimum atomic E-state index is -0.792. The number of ether oxygens (including phenoxy) is 1. The Balaban J connectivity index is 1.89. The third kappa shape index (κ3) is 2.85.